The second-order valence-corrected chi connectivity index (χ2v) is 15.7. The maximum atomic E-state index is 8.70. The van der Waals surface area contributed by atoms with Crippen molar-refractivity contribution in [2.45, 2.75) is 126 Å². The van der Waals surface area contributed by atoms with E-state index >= 15 is 0 Å². The van der Waals surface area contributed by atoms with Crippen LogP contribution < -0.4 is 14.9 Å². The number of hydrogen-bond donors (Lipinski definition) is 2. The van der Waals surface area contributed by atoms with E-state index in [-0.39, 0.29) is 7.43 Å². The number of methoxy groups -OCH3 is 2. The molecule has 0 saturated heterocycles. The van der Waals surface area contributed by atoms with Crippen molar-refractivity contribution < 1.29 is 19.5 Å². The predicted molar refractivity (Wildman–Crippen MR) is 227 cm³/mol. The van der Waals surface area contributed by atoms with Crippen molar-refractivity contribution in [2.24, 2.45) is 0 Å². The number of ether oxygens (including phenoxy) is 2. The summed E-state index contributed by atoms with van der Waals surface area (Å²) >= 11 is 3.77. The van der Waals surface area contributed by atoms with E-state index in [0.717, 1.165) is 5.75 Å². The normalized spacial score (nSPS) is 11.0. The molecule has 0 bridgehead atoms. The lowest BCUT2D eigenvalue weighted by Crippen LogP contribution is -2.29. The van der Waals surface area contributed by atoms with E-state index < -0.39 is 7.12 Å². The largest absolute Gasteiger partial charge is 0.497 e. The zero-order valence-corrected chi connectivity index (χ0v) is 34.6. The molecule has 0 saturated carbocycles. The number of hydrogen-bond acceptors (Lipinski definition) is 4. The lowest BCUT2D eigenvalue weighted by Gasteiger charge is -2.23. The summed E-state index contributed by atoms with van der Waals surface area (Å²) in [5.74, 6) is 4.92. The summed E-state index contributed by atoms with van der Waals surface area (Å²) in [6.45, 7) is 27.3. The Bertz CT molecular complexity index is 1550. The molecule has 0 aromatic heterocycles. The first-order valence-corrected chi connectivity index (χ1v) is 18.9. The second kappa shape index (κ2) is 21.5. The molecular weight excluding hydrogens is 695 g/mol. The molecule has 280 valence electrons. The summed E-state index contributed by atoms with van der Waals surface area (Å²) < 4.78 is 11.5. The van der Waals surface area contributed by atoms with Gasteiger partial charge in [0.05, 0.1) is 14.2 Å². The quantitative estimate of drug-likeness (QED) is 0.158. The Labute approximate surface area is 320 Å². The molecule has 0 atom stereocenters. The maximum Gasteiger partial charge on any atom is 0.488 e. The van der Waals surface area contributed by atoms with Crippen LogP contribution in [0.1, 0.15) is 159 Å². The summed E-state index contributed by atoms with van der Waals surface area (Å²) in [6, 6.07) is 24.5. The summed E-state index contributed by atoms with van der Waals surface area (Å²) in [7, 11) is 1.87. The Hall–Kier alpha value is -3.06. The fraction of sp³-hybridized carbons (Fsp3) is 0.467. The van der Waals surface area contributed by atoms with Crippen molar-refractivity contribution in [1.29, 1.82) is 0 Å². The van der Waals surface area contributed by atoms with Crippen LogP contribution in [-0.2, 0) is 0 Å². The van der Waals surface area contributed by atoms with E-state index in [1.165, 1.54) is 49.0 Å². The van der Waals surface area contributed by atoms with Crippen LogP contribution in [0.15, 0.2) is 77.3 Å². The van der Waals surface area contributed by atoms with E-state index in [1.807, 2.05) is 0 Å². The zero-order valence-electron chi connectivity index (χ0n) is 33.1. The average molecular weight is 762 g/mol. The fourth-order valence-corrected chi connectivity index (χ4v) is 6.84. The highest BCUT2D eigenvalue weighted by Crippen LogP contribution is 2.39. The van der Waals surface area contributed by atoms with Crippen LogP contribution in [0.5, 0.6) is 11.5 Å². The van der Waals surface area contributed by atoms with Gasteiger partial charge in [-0.3, -0.25) is 0 Å². The van der Waals surface area contributed by atoms with Gasteiger partial charge in [0.2, 0.25) is 0 Å². The van der Waals surface area contributed by atoms with E-state index in [4.69, 9.17) is 19.5 Å². The van der Waals surface area contributed by atoms with E-state index in [0.29, 0.717) is 46.7 Å². The van der Waals surface area contributed by atoms with Crippen molar-refractivity contribution in [1.82, 2.24) is 0 Å². The molecule has 0 spiro atoms. The summed E-state index contributed by atoms with van der Waals surface area (Å²) in [5, 5.41) is 17.4. The van der Waals surface area contributed by atoms with Crippen LogP contribution in [0.4, 0.5) is 0 Å². The molecule has 4 rings (SSSR count). The Balaban J connectivity index is 0.000000405. The summed E-state index contributed by atoms with van der Waals surface area (Å²) in [4.78, 5) is 0. The summed E-state index contributed by atoms with van der Waals surface area (Å²) in [6.07, 6.45) is 0. The highest BCUT2D eigenvalue weighted by atomic mass is 79.9. The first kappa shape index (κ1) is 46.0. The third-order valence-electron chi connectivity index (χ3n) is 8.99. The van der Waals surface area contributed by atoms with E-state index in [9.17, 15) is 0 Å². The van der Waals surface area contributed by atoms with E-state index in [1.54, 1.807) is 38.5 Å². The van der Waals surface area contributed by atoms with E-state index in [2.05, 4.69) is 148 Å². The van der Waals surface area contributed by atoms with Crippen molar-refractivity contribution >= 4 is 28.5 Å². The topological polar surface area (TPSA) is 58.9 Å². The van der Waals surface area contributed by atoms with Gasteiger partial charge in [0.15, 0.2) is 0 Å². The molecule has 6 heteroatoms. The van der Waals surface area contributed by atoms with Crippen LogP contribution in [-0.4, -0.2) is 31.4 Å². The van der Waals surface area contributed by atoms with Gasteiger partial charge < -0.3 is 19.5 Å². The maximum absolute atomic E-state index is 8.70. The SMILES string of the molecule is C.CC(C)c1cc(C(C)C)c(Br)c(C(C)C)c1.COc1ccc(-c2c(C(C)C)cc(C(C)C)cc2C(C)C)cc1.COc1ccc(B(O)O)cc1. The number of benzene rings is 4. The Morgan fingerprint density at radius 2 is 0.804 bits per heavy atom. The molecule has 4 aromatic carbocycles. The molecular formula is C45H66BBrO4. The molecule has 0 heterocycles. The minimum absolute atomic E-state index is 0. The number of halogens is 1. The Morgan fingerprint density at radius 1 is 0.490 bits per heavy atom. The van der Waals surface area contributed by atoms with Gasteiger partial charge in [-0.05, 0) is 110 Å². The fourth-order valence-electron chi connectivity index (χ4n) is 5.69. The molecule has 0 aliphatic rings. The van der Waals surface area contributed by atoms with Crippen molar-refractivity contribution in [3.05, 3.63) is 111 Å². The van der Waals surface area contributed by atoms with Gasteiger partial charge in [-0.15, -0.1) is 0 Å². The zero-order chi connectivity index (χ0) is 37.9. The van der Waals surface area contributed by atoms with Crippen LogP contribution in [0.2, 0.25) is 0 Å². The van der Waals surface area contributed by atoms with Crippen molar-refractivity contribution in [2.75, 3.05) is 14.2 Å². The minimum Gasteiger partial charge on any atom is -0.497 e. The van der Waals surface area contributed by atoms with Crippen molar-refractivity contribution in [3.63, 3.8) is 0 Å². The lowest BCUT2D eigenvalue weighted by atomic mass is 9.80. The monoisotopic (exact) mass is 760 g/mol. The first-order valence-electron chi connectivity index (χ1n) is 18.1. The Kier molecular flexibility index (Phi) is 19.3. The Morgan fingerprint density at radius 3 is 1.08 bits per heavy atom. The van der Waals surface area contributed by atoms with Gasteiger partial charge in [0.1, 0.15) is 11.5 Å². The van der Waals surface area contributed by atoms with Crippen molar-refractivity contribution in [3.8, 4) is 22.6 Å². The van der Waals surface area contributed by atoms with Gasteiger partial charge in [0, 0.05) is 4.47 Å². The highest BCUT2D eigenvalue weighted by Gasteiger charge is 2.19. The third kappa shape index (κ3) is 13.1. The molecule has 0 amide bonds. The van der Waals surface area contributed by atoms with Gasteiger partial charge in [0.25, 0.3) is 0 Å². The summed E-state index contributed by atoms with van der Waals surface area (Å²) in [5.41, 5.74) is 11.8. The van der Waals surface area contributed by atoms with Crippen LogP contribution in [0.3, 0.4) is 0 Å². The molecule has 0 radical (unpaired) electrons. The molecule has 4 aromatic rings. The molecule has 4 nitrogen and oxygen atoms in total. The predicted octanol–water partition coefficient (Wildman–Crippen LogP) is 12.6. The first-order chi connectivity index (χ1) is 23.4. The number of rotatable bonds is 10. The van der Waals surface area contributed by atoms with Gasteiger partial charge in [-0.1, -0.05) is 155 Å². The lowest BCUT2D eigenvalue weighted by molar-refractivity contribution is 0.414. The standard InChI is InChI=1S/C22H30O.C15H23Br.C7H9BO3.CH4/c1-14(2)18-12-20(15(3)4)22(21(13-18)16(5)6)17-8-10-19(23-7)11-9-17;1-9(2)12-7-13(10(3)4)15(16)14(8-12)11(5)6;1-11-7-4-2-6(3-5-7)8(9)10;/h8-16H,1-7H3;7-11H,1-6H3;2-5,9-10H,1H3;1H4. The third-order valence-corrected chi connectivity index (χ3v) is 9.90. The molecule has 2 N–H and O–H groups in total. The molecule has 0 unspecified atom stereocenters. The van der Waals surface area contributed by atoms with Gasteiger partial charge in [-0.25, -0.2) is 0 Å². The van der Waals surface area contributed by atoms with Crippen LogP contribution >= 0.6 is 15.9 Å². The second-order valence-electron chi connectivity index (χ2n) is 14.9. The average Bonchev–Trinajstić information content (AvgIpc) is 3.07. The molecule has 0 fully saturated rings. The van der Waals surface area contributed by atoms with Crippen LogP contribution in [0, 0.1) is 0 Å². The highest BCUT2D eigenvalue weighted by molar-refractivity contribution is 9.10. The molecule has 0 aliphatic heterocycles. The van der Waals surface area contributed by atoms with Gasteiger partial charge in [-0.2, -0.15) is 0 Å². The smallest absolute Gasteiger partial charge is 0.488 e. The van der Waals surface area contributed by atoms with Crippen LogP contribution in [0.25, 0.3) is 11.1 Å². The minimum atomic E-state index is -1.40. The van der Waals surface area contributed by atoms with Gasteiger partial charge >= 0.3 is 7.12 Å². The molecule has 0 aliphatic carbocycles. The molecule has 51 heavy (non-hydrogen) atoms.